The maximum absolute atomic E-state index is 11.2. The Labute approximate surface area is 118 Å². The Balaban J connectivity index is 3.90. The molecule has 19 heavy (non-hydrogen) atoms. The number of carbonyl (C=O) groups excluding carboxylic acids is 1. The van der Waals surface area contributed by atoms with Gasteiger partial charge in [0, 0.05) is 6.08 Å². The maximum atomic E-state index is 11.2. The van der Waals surface area contributed by atoms with Crippen LogP contribution in [0.25, 0.3) is 0 Å². The summed E-state index contributed by atoms with van der Waals surface area (Å²) in [4.78, 5) is 11.2. The molecule has 0 N–H and O–H groups in total. The highest BCUT2D eigenvalue weighted by atomic mass is 16.5. The van der Waals surface area contributed by atoms with Crippen LogP contribution in [-0.2, 0) is 9.53 Å². The number of esters is 1. The van der Waals surface area contributed by atoms with E-state index in [1.807, 2.05) is 19.9 Å². The molecule has 0 fully saturated rings. The summed E-state index contributed by atoms with van der Waals surface area (Å²) in [5.41, 5.74) is 0.952. The molecule has 0 aromatic heterocycles. The van der Waals surface area contributed by atoms with Crippen molar-refractivity contribution in [1.82, 2.24) is 0 Å². The summed E-state index contributed by atoms with van der Waals surface area (Å²) < 4.78 is 4.87. The fourth-order valence-corrected chi connectivity index (χ4v) is 1.90. The molecule has 2 nitrogen and oxygen atoms in total. The van der Waals surface area contributed by atoms with Gasteiger partial charge in [0.15, 0.2) is 0 Å². The van der Waals surface area contributed by atoms with E-state index in [0.29, 0.717) is 12.5 Å². The number of allylic oxidation sites excluding steroid dienone is 3. The molecule has 0 aliphatic heterocycles. The van der Waals surface area contributed by atoms with Gasteiger partial charge in [-0.05, 0) is 37.7 Å². The van der Waals surface area contributed by atoms with Crippen molar-refractivity contribution in [1.29, 1.82) is 0 Å². The first-order valence-corrected chi connectivity index (χ1v) is 7.47. The van der Waals surface area contributed by atoms with E-state index in [-0.39, 0.29) is 5.97 Å². The SMILES string of the molecule is CCOC(=O)/C=C(C)\C=C/CC(C)CCCC(C)C. The van der Waals surface area contributed by atoms with Crippen LogP contribution in [0.4, 0.5) is 0 Å². The van der Waals surface area contributed by atoms with E-state index >= 15 is 0 Å². The lowest BCUT2D eigenvalue weighted by atomic mass is 9.97. The van der Waals surface area contributed by atoms with Crippen LogP contribution in [0.1, 0.15) is 60.3 Å². The molecular weight excluding hydrogens is 236 g/mol. The van der Waals surface area contributed by atoms with Crippen molar-refractivity contribution in [2.24, 2.45) is 11.8 Å². The van der Waals surface area contributed by atoms with Gasteiger partial charge in [-0.2, -0.15) is 0 Å². The van der Waals surface area contributed by atoms with E-state index in [1.54, 1.807) is 6.08 Å². The maximum Gasteiger partial charge on any atom is 0.330 e. The highest BCUT2D eigenvalue weighted by molar-refractivity contribution is 5.83. The van der Waals surface area contributed by atoms with E-state index in [1.165, 1.54) is 19.3 Å². The first kappa shape index (κ1) is 17.9. The van der Waals surface area contributed by atoms with Gasteiger partial charge < -0.3 is 4.74 Å². The molecule has 0 bridgehead atoms. The van der Waals surface area contributed by atoms with Crippen LogP contribution in [0.3, 0.4) is 0 Å². The Bertz CT molecular complexity index is 300. The molecule has 0 radical (unpaired) electrons. The Morgan fingerprint density at radius 2 is 1.89 bits per heavy atom. The van der Waals surface area contributed by atoms with Gasteiger partial charge in [0.25, 0.3) is 0 Å². The summed E-state index contributed by atoms with van der Waals surface area (Å²) in [7, 11) is 0. The molecule has 0 aromatic rings. The Hall–Kier alpha value is -1.05. The third kappa shape index (κ3) is 11.8. The van der Waals surface area contributed by atoms with Gasteiger partial charge in [-0.15, -0.1) is 0 Å². The van der Waals surface area contributed by atoms with Crippen LogP contribution in [0.2, 0.25) is 0 Å². The molecule has 2 heteroatoms. The standard InChI is InChI=1S/C17H30O2/c1-6-19-17(18)13-16(5)12-8-11-15(4)10-7-9-14(2)3/h8,12-15H,6-7,9-11H2,1-5H3/b12-8-,16-13-. The summed E-state index contributed by atoms with van der Waals surface area (Å²) in [6.45, 7) is 11.0. The molecule has 0 heterocycles. The van der Waals surface area contributed by atoms with Crippen LogP contribution in [0.15, 0.2) is 23.8 Å². The smallest absolute Gasteiger partial charge is 0.330 e. The predicted octanol–water partition coefficient (Wildman–Crippen LogP) is 4.90. The summed E-state index contributed by atoms with van der Waals surface area (Å²) in [5, 5.41) is 0. The largest absolute Gasteiger partial charge is 0.463 e. The van der Waals surface area contributed by atoms with Gasteiger partial charge in [-0.3, -0.25) is 0 Å². The minimum Gasteiger partial charge on any atom is -0.463 e. The second kappa shape index (κ2) is 10.8. The highest BCUT2D eigenvalue weighted by Gasteiger charge is 2.01. The zero-order valence-electron chi connectivity index (χ0n) is 13.2. The van der Waals surface area contributed by atoms with E-state index < -0.39 is 0 Å². The predicted molar refractivity (Wildman–Crippen MR) is 82.0 cm³/mol. The number of hydrogen-bond acceptors (Lipinski definition) is 2. The van der Waals surface area contributed by atoms with Crippen LogP contribution < -0.4 is 0 Å². The molecule has 0 spiro atoms. The van der Waals surface area contributed by atoms with Crippen molar-refractivity contribution in [3.8, 4) is 0 Å². The van der Waals surface area contributed by atoms with E-state index in [2.05, 4.69) is 26.8 Å². The first-order chi connectivity index (χ1) is 8.95. The third-order valence-electron chi connectivity index (χ3n) is 3.03. The molecule has 0 aliphatic carbocycles. The van der Waals surface area contributed by atoms with E-state index in [9.17, 15) is 4.79 Å². The fraction of sp³-hybridized carbons (Fsp3) is 0.706. The zero-order chi connectivity index (χ0) is 14.7. The number of hydrogen-bond donors (Lipinski definition) is 0. The van der Waals surface area contributed by atoms with Gasteiger partial charge in [0.05, 0.1) is 6.61 Å². The van der Waals surface area contributed by atoms with Crippen molar-refractivity contribution >= 4 is 5.97 Å². The van der Waals surface area contributed by atoms with Crippen LogP contribution >= 0.6 is 0 Å². The van der Waals surface area contributed by atoms with Gasteiger partial charge in [0.1, 0.15) is 0 Å². The lowest BCUT2D eigenvalue weighted by Crippen LogP contribution is -1.99. The molecule has 0 saturated heterocycles. The molecular formula is C17H30O2. The van der Waals surface area contributed by atoms with E-state index in [4.69, 9.17) is 4.74 Å². The average molecular weight is 266 g/mol. The van der Waals surface area contributed by atoms with Crippen molar-refractivity contribution in [2.45, 2.75) is 60.3 Å². The topological polar surface area (TPSA) is 26.3 Å². The lowest BCUT2D eigenvalue weighted by molar-refractivity contribution is -0.137. The van der Waals surface area contributed by atoms with Gasteiger partial charge >= 0.3 is 5.97 Å². The second-order valence-electron chi connectivity index (χ2n) is 5.71. The molecule has 110 valence electrons. The summed E-state index contributed by atoms with van der Waals surface area (Å²) >= 11 is 0. The molecule has 0 aromatic carbocycles. The monoisotopic (exact) mass is 266 g/mol. The minimum absolute atomic E-state index is 0.255. The number of ether oxygens (including phenoxy) is 1. The zero-order valence-corrected chi connectivity index (χ0v) is 13.2. The van der Waals surface area contributed by atoms with Crippen molar-refractivity contribution < 1.29 is 9.53 Å². The average Bonchev–Trinajstić information content (AvgIpc) is 2.28. The fourth-order valence-electron chi connectivity index (χ4n) is 1.90. The lowest BCUT2D eigenvalue weighted by Gasteiger charge is -2.09. The highest BCUT2D eigenvalue weighted by Crippen LogP contribution is 2.15. The van der Waals surface area contributed by atoms with Crippen LogP contribution in [0.5, 0.6) is 0 Å². The molecule has 0 amide bonds. The van der Waals surface area contributed by atoms with Gasteiger partial charge in [-0.25, -0.2) is 4.79 Å². The van der Waals surface area contributed by atoms with Crippen molar-refractivity contribution in [3.63, 3.8) is 0 Å². The molecule has 0 saturated carbocycles. The first-order valence-electron chi connectivity index (χ1n) is 7.47. The quantitative estimate of drug-likeness (QED) is 0.337. The molecule has 1 unspecified atom stereocenters. The Morgan fingerprint density at radius 3 is 2.47 bits per heavy atom. The summed E-state index contributed by atoms with van der Waals surface area (Å²) in [6, 6.07) is 0. The minimum atomic E-state index is -0.255. The van der Waals surface area contributed by atoms with Gasteiger partial charge in [-0.1, -0.05) is 52.2 Å². The normalized spacial score (nSPS) is 14.1. The summed E-state index contributed by atoms with van der Waals surface area (Å²) in [5.74, 6) is 1.26. The molecule has 1 atom stereocenters. The number of rotatable bonds is 9. The van der Waals surface area contributed by atoms with Gasteiger partial charge in [0.2, 0.25) is 0 Å². The molecule has 0 rings (SSSR count). The van der Waals surface area contributed by atoms with Crippen molar-refractivity contribution in [2.75, 3.05) is 6.61 Å². The second-order valence-corrected chi connectivity index (χ2v) is 5.71. The number of carbonyl (C=O) groups is 1. The Morgan fingerprint density at radius 1 is 1.21 bits per heavy atom. The van der Waals surface area contributed by atoms with Crippen LogP contribution in [-0.4, -0.2) is 12.6 Å². The Kier molecular flexibility index (Phi) is 10.2. The van der Waals surface area contributed by atoms with Crippen LogP contribution in [0, 0.1) is 11.8 Å². The summed E-state index contributed by atoms with van der Waals surface area (Å²) in [6.07, 6.45) is 10.7. The third-order valence-corrected chi connectivity index (χ3v) is 3.03. The van der Waals surface area contributed by atoms with E-state index in [0.717, 1.165) is 17.9 Å². The molecule has 0 aliphatic rings. The van der Waals surface area contributed by atoms with Crippen molar-refractivity contribution in [3.05, 3.63) is 23.8 Å².